The molecule has 3 atom stereocenters. The summed E-state index contributed by atoms with van der Waals surface area (Å²) in [6.07, 6.45) is 5.83. The quantitative estimate of drug-likeness (QED) is 0.355. The molecule has 0 heterocycles. The monoisotopic (exact) mass is 391 g/mol. The second-order valence-electron chi connectivity index (χ2n) is 7.54. The van der Waals surface area contributed by atoms with Crippen molar-refractivity contribution in [2.24, 2.45) is 11.3 Å². The molecule has 0 saturated carbocycles. The van der Waals surface area contributed by atoms with Gasteiger partial charge in [0.1, 0.15) is 5.78 Å². The summed E-state index contributed by atoms with van der Waals surface area (Å²) < 4.78 is 5.99. The van der Waals surface area contributed by atoms with E-state index in [9.17, 15) is 9.59 Å². The number of carbonyl (C=O) groups excluding carboxylic acids is 2. The smallest absolute Gasteiger partial charge is 0.220 e. The largest absolute Gasteiger partial charge is 0.371 e. The molecule has 0 aliphatic rings. The highest BCUT2D eigenvalue weighted by Gasteiger charge is 2.33. The highest BCUT2D eigenvalue weighted by Crippen LogP contribution is 2.32. The Kier molecular flexibility index (Phi) is 12.2. The fraction of sp³-hybridized carbons (Fsp3) is 0.895. The molecule has 4 nitrogen and oxygen atoms in total. The molecule has 148 valence electrons. The first kappa shape index (κ1) is 24.9. The van der Waals surface area contributed by atoms with Crippen LogP contribution in [-0.4, -0.2) is 42.2 Å². The van der Waals surface area contributed by atoms with Gasteiger partial charge in [-0.05, 0) is 44.6 Å². The molecule has 25 heavy (non-hydrogen) atoms. The summed E-state index contributed by atoms with van der Waals surface area (Å²) in [5.41, 5.74) is -0.319. The van der Waals surface area contributed by atoms with E-state index >= 15 is 0 Å². The van der Waals surface area contributed by atoms with E-state index < -0.39 is 0 Å². The van der Waals surface area contributed by atoms with Crippen LogP contribution in [0.3, 0.4) is 0 Å². The Labute approximate surface area is 161 Å². The summed E-state index contributed by atoms with van der Waals surface area (Å²) in [7, 11) is 2.73. The number of rotatable bonds is 14. The molecule has 1 amide bonds. The van der Waals surface area contributed by atoms with Crippen LogP contribution in [0.15, 0.2) is 0 Å². The van der Waals surface area contributed by atoms with Crippen molar-refractivity contribution in [2.75, 3.05) is 25.2 Å². The zero-order valence-electron chi connectivity index (χ0n) is 16.9. The maximum Gasteiger partial charge on any atom is 0.220 e. The number of ketones is 1. The average molecular weight is 392 g/mol. The molecule has 6 heteroatoms. The van der Waals surface area contributed by atoms with E-state index in [1.807, 2.05) is 34.0 Å². The van der Waals surface area contributed by atoms with Gasteiger partial charge in [-0.1, -0.05) is 27.7 Å². The lowest BCUT2D eigenvalue weighted by atomic mass is 9.76. The first-order valence-corrected chi connectivity index (χ1v) is 11.3. The van der Waals surface area contributed by atoms with Crippen molar-refractivity contribution in [3.63, 3.8) is 0 Å². The molecule has 1 N–H and O–H groups in total. The lowest BCUT2D eigenvalue weighted by Crippen LogP contribution is -2.35. The summed E-state index contributed by atoms with van der Waals surface area (Å²) in [4.78, 5) is 24.1. The van der Waals surface area contributed by atoms with Crippen molar-refractivity contribution >= 4 is 32.7 Å². The molecule has 0 bridgehead atoms. The van der Waals surface area contributed by atoms with Crippen LogP contribution in [-0.2, 0) is 14.3 Å². The standard InChI is InChI=1S/C19H38NO3PS/c1-7-18(4,17(22)15(2)3)11-13-23-19(5,24)10-12-20-16(21)9-8-14-25-6/h15H,7-14,24H2,1-6H3,(H,20,21). The normalized spacial score (nSPS) is 16.3. The van der Waals surface area contributed by atoms with Crippen LogP contribution in [0.2, 0.25) is 0 Å². The Bertz CT molecular complexity index is 415. The second-order valence-corrected chi connectivity index (χ2v) is 9.75. The Balaban J connectivity index is 4.18. The van der Waals surface area contributed by atoms with Crippen molar-refractivity contribution in [2.45, 2.75) is 72.1 Å². The van der Waals surface area contributed by atoms with E-state index in [4.69, 9.17) is 4.74 Å². The Hall–Kier alpha value is -0.120. The van der Waals surface area contributed by atoms with E-state index in [0.717, 1.165) is 31.4 Å². The molecule has 0 radical (unpaired) electrons. The van der Waals surface area contributed by atoms with Crippen molar-refractivity contribution < 1.29 is 14.3 Å². The van der Waals surface area contributed by atoms with E-state index in [-0.39, 0.29) is 22.6 Å². The van der Waals surface area contributed by atoms with Crippen LogP contribution in [0.1, 0.15) is 66.7 Å². The van der Waals surface area contributed by atoms with Crippen LogP contribution in [0.5, 0.6) is 0 Å². The van der Waals surface area contributed by atoms with Gasteiger partial charge in [-0.25, -0.2) is 0 Å². The fourth-order valence-electron chi connectivity index (χ4n) is 2.67. The predicted octanol–water partition coefficient (Wildman–Crippen LogP) is 4.28. The zero-order chi connectivity index (χ0) is 19.5. The number of nitrogens with one attached hydrogen (secondary N) is 1. The molecule has 0 fully saturated rings. The number of ether oxygens (including phenoxy) is 1. The first-order chi connectivity index (χ1) is 11.6. The molecule has 0 aromatic heterocycles. The zero-order valence-corrected chi connectivity index (χ0v) is 18.9. The third kappa shape index (κ3) is 10.6. The number of hydrogen-bond acceptors (Lipinski definition) is 4. The van der Waals surface area contributed by atoms with Crippen LogP contribution in [0.4, 0.5) is 0 Å². The number of carbonyl (C=O) groups is 2. The molecule has 0 aromatic carbocycles. The van der Waals surface area contributed by atoms with E-state index in [0.29, 0.717) is 25.4 Å². The van der Waals surface area contributed by atoms with Gasteiger partial charge in [0.2, 0.25) is 5.91 Å². The molecular weight excluding hydrogens is 353 g/mol. The van der Waals surface area contributed by atoms with Gasteiger partial charge in [0.25, 0.3) is 0 Å². The second kappa shape index (κ2) is 12.3. The number of thioether (sulfide) groups is 1. The fourth-order valence-corrected chi connectivity index (χ4v) is 3.36. The van der Waals surface area contributed by atoms with Gasteiger partial charge in [0, 0.05) is 30.9 Å². The van der Waals surface area contributed by atoms with Crippen LogP contribution < -0.4 is 5.32 Å². The summed E-state index contributed by atoms with van der Waals surface area (Å²) >= 11 is 1.76. The maximum absolute atomic E-state index is 12.4. The lowest BCUT2D eigenvalue weighted by molar-refractivity contribution is -0.133. The van der Waals surface area contributed by atoms with Crippen molar-refractivity contribution in [1.82, 2.24) is 5.32 Å². The molecule has 0 aromatic rings. The predicted molar refractivity (Wildman–Crippen MR) is 112 cm³/mol. The molecule has 0 aliphatic carbocycles. The Morgan fingerprint density at radius 2 is 1.88 bits per heavy atom. The van der Waals surface area contributed by atoms with E-state index in [1.54, 1.807) is 11.8 Å². The third-order valence-corrected chi connectivity index (χ3v) is 5.83. The van der Waals surface area contributed by atoms with Crippen LogP contribution in [0.25, 0.3) is 0 Å². The topological polar surface area (TPSA) is 55.4 Å². The van der Waals surface area contributed by atoms with Crippen molar-refractivity contribution in [3.05, 3.63) is 0 Å². The van der Waals surface area contributed by atoms with Crippen molar-refractivity contribution in [3.8, 4) is 0 Å². The molecule has 3 unspecified atom stereocenters. The van der Waals surface area contributed by atoms with Gasteiger partial charge in [-0.2, -0.15) is 11.8 Å². The minimum Gasteiger partial charge on any atom is -0.371 e. The minimum absolute atomic E-state index is 0.0497. The molecule has 0 spiro atoms. The number of amides is 1. The third-order valence-electron chi connectivity index (χ3n) is 4.68. The average Bonchev–Trinajstić information content (AvgIpc) is 2.53. The molecule has 0 rings (SSSR count). The Morgan fingerprint density at radius 3 is 2.40 bits per heavy atom. The maximum atomic E-state index is 12.4. The van der Waals surface area contributed by atoms with Gasteiger partial charge in [0.15, 0.2) is 0 Å². The van der Waals surface area contributed by atoms with Crippen molar-refractivity contribution in [1.29, 1.82) is 0 Å². The highest BCUT2D eigenvalue weighted by atomic mass is 32.2. The molecular formula is C19H38NO3PS. The number of hydrogen-bond donors (Lipinski definition) is 1. The van der Waals surface area contributed by atoms with Crippen LogP contribution >= 0.6 is 21.0 Å². The lowest BCUT2D eigenvalue weighted by Gasteiger charge is -2.31. The SMILES string of the molecule is CCC(C)(CCOC(C)(P)CCNC(=O)CCCSC)C(=O)C(C)C. The highest BCUT2D eigenvalue weighted by molar-refractivity contribution is 7.98. The van der Waals surface area contributed by atoms with Gasteiger partial charge >= 0.3 is 0 Å². The number of Topliss-reactive ketones (excluding diaryl/α,β-unsaturated/α-hetero) is 1. The van der Waals surface area contributed by atoms with E-state index in [1.165, 1.54) is 0 Å². The molecule has 0 aliphatic heterocycles. The first-order valence-electron chi connectivity index (χ1n) is 9.30. The molecule has 0 saturated heterocycles. The summed E-state index contributed by atoms with van der Waals surface area (Å²) in [6.45, 7) is 11.2. The summed E-state index contributed by atoms with van der Waals surface area (Å²) in [5, 5.41) is 2.57. The van der Waals surface area contributed by atoms with Gasteiger partial charge in [-0.15, -0.1) is 9.24 Å². The van der Waals surface area contributed by atoms with Gasteiger partial charge in [-0.3, -0.25) is 9.59 Å². The minimum atomic E-state index is -0.387. The summed E-state index contributed by atoms with van der Waals surface area (Å²) in [5.74, 6) is 1.48. The van der Waals surface area contributed by atoms with E-state index in [2.05, 4.69) is 21.5 Å². The Morgan fingerprint density at radius 1 is 1.24 bits per heavy atom. The van der Waals surface area contributed by atoms with Gasteiger partial charge in [0.05, 0.1) is 5.34 Å². The summed E-state index contributed by atoms with van der Waals surface area (Å²) in [6, 6.07) is 0. The van der Waals surface area contributed by atoms with Crippen LogP contribution in [0, 0.1) is 11.3 Å². The van der Waals surface area contributed by atoms with Gasteiger partial charge < -0.3 is 10.1 Å².